The van der Waals surface area contributed by atoms with Crippen LogP contribution in [-0.4, -0.2) is 19.0 Å². The summed E-state index contributed by atoms with van der Waals surface area (Å²) in [6.45, 7) is 0.164. The lowest BCUT2D eigenvalue weighted by atomic mass is 9.43. The zero-order valence-electron chi connectivity index (χ0n) is 13.1. The van der Waals surface area contributed by atoms with Crippen LogP contribution < -0.4 is 0 Å². The molecule has 4 heteroatoms. The van der Waals surface area contributed by atoms with Crippen LogP contribution in [0, 0.1) is 17.3 Å². The zero-order valence-corrected chi connectivity index (χ0v) is 13.1. The quantitative estimate of drug-likeness (QED) is 0.772. The lowest BCUT2D eigenvalue weighted by Crippen LogP contribution is -2.55. The van der Waals surface area contributed by atoms with Crippen LogP contribution in [0.1, 0.15) is 44.1 Å². The van der Waals surface area contributed by atoms with Crippen LogP contribution in [0.2, 0.25) is 0 Å². The van der Waals surface area contributed by atoms with Crippen LogP contribution in [0.15, 0.2) is 30.3 Å². The molecule has 2 unspecified atom stereocenters. The van der Waals surface area contributed by atoms with Gasteiger partial charge >= 0.3 is 12.4 Å². The summed E-state index contributed by atoms with van der Waals surface area (Å²) >= 11 is 0. The van der Waals surface area contributed by atoms with Crippen molar-refractivity contribution in [1.82, 2.24) is 0 Å². The normalized spacial score (nSPS) is 38.0. The van der Waals surface area contributed by atoms with Crippen LogP contribution in [0.5, 0.6) is 0 Å². The molecular formula is C19H22F2O2. The summed E-state index contributed by atoms with van der Waals surface area (Å²) in [5, 5.41) is 0. The van der Waals surface area contributed by atoms with Crippen molar-refractivity contribution in [2.75, 3.05) is 6.61 Å². The van der Waals surface area contributed by atoms with E-state index >= 15 is 0 Å². The van der Waals surface area contributed by atoms with Crippen molar-refractivity contribution in [3.05, 3.63) is 35.9 Å². The molecule has 0 N–H and O–H groups in total. The zero-order chi connectivity index (χ0) is 16.1. The van der Waals surface area contributed by atoms with E-state index in [-0.39, 0.29) is 17.4 Å². The molecule has 5 rings (SSSR count). The first-order valence-corrected chi connectivity index (χ1v) is 8.51. The monoisotopic (exact) mass is 320 g/mol. The highest BCUT2D eigenvalue weighted by molar-refractivity contribution is 5.72. The third kappa shape index (κ3) is 2.56. The summed E-state index contributed by atoms with van der Waals surface area (Å²) in [4.78, 5) is 11.2. The van der Waals surface area contributed by atoms with Gasteiger partial charge in [-0.15, -0.1) is 0 Å². The Hall–Kier alpha value is -1.45. The highest BCUT2D eigenvalue weighted by Crippen LogP contribution is 2.65. The van der Waals surface area contributed by atoms with E-state index in [1.807, 2.05) is 6.07 Å². The smallest absolute Gasteiger partial charge is 0.373 e. The van der Waals surface area contributed by atoms with E-state index in [0.29, 0.717) is 11.8 Å². The highest BCUT2D eigenvalue weighted by Gasteiger charge is 2.58. The van der Waals surface area contributed by atoms with Crippen molar-refractivity contribution in [3.63, 3.8) is 0 Å². The minimum atomic E-state index is -3.02. The van der Waals surface area contributed by atoms with E-state index in [1.54, 1.807) is 0 Å². The Morgan fingerprint density at radius 1 is 1.13 bits per heavy atom. The van der Waals surface area contributed by atoms with Crippen molar-refractivity contribution >= 4 is 5.97 Å². The fourth-order valence-electron chi connectivity index (χ4n) is 6.04. The van der Waals surface area contributed by atoms with Crippen molar-refractivity contribution in [2.45, 2.75) is 50.4 Å². The number of hydrogen-bond acceptors (Lipinski definition) is 2. The Morgan fingerprint density at radius 3 is 2.39 bits per heavy atom. The van der Waals surface area contributed by atoms with E-state index < -0.39 is 12.4 Å². The highest BCUT2D eigenvalue weighted by atomic mass is 19.3. The molecule has 2 nitrogen and oxygen atoms in total. The molecule has 1 aromatic carbocycles. The third-order valence-electron chi connectivity index (χ3n) is 6.27. The summed E-state index contributed by atoms with van der Waals surface area (Å²) < 4.78 is 29.9. The molecule has 0 radical (unpaired) electrons. The Kier molecular flexibility index (Phi) is 3.47. The molecule has 0 aliphatic heterocycles. The van der Waals surface area contributed by atoms with Crippen molar-refractivity contribution in [2.24, 2.45) is 17.3 Å². The number of ether oxygens (including phenoxy) is 1. The number of halogens is 2. The molecule has 4 bridgehead atoms. The number of carbonyl (C=O) groups is 1. The van der Waals surface area contributed by atoms with Crippen LogP contribution in [0.25, 0.3) is 0 Å². The van der Waals surface area contributed by atoms with Gasteiger partial charge in [-0.3, -0.25) is 0 Å². The fourth-order valence-corrected chi connectivity index (χ4v) is 6.04. The SMILES string of the molecule is O=C(OCC12CC3CC(C1)CC(c1ccccc1)(C3)C2)C(F)F. The largest absolute Gasteiger partial charge is 0.461 e. The lowest BCUT2D eigenvalue weighted by Gasteiger charge is -2.62. The summed E-state index contributed by atoms with van der Waals surface area (Å²) in [5.74, 6) is -0.0853. The topological polar surface area (TPSA) is 26.3 Å². The molecule has 0 aromatic heterocycles. The summed E-state index contributed by atoms with van der Waals surface area (Å²) in [6, 6.07) is 10.6. The predicted octanol–water partition coefficient (Wildman–Crippen LogP) is 4.33. The molecular weight excluding hydrogens is 298 g/mol. The van der Waals surface area contributed by atoms with Crippen LogP contribution >= 0.6 is 0 Å². The van der Waals surface area contributed by atoms with Gasteiger partial charge in [-0.05, 0) is 61.3 Å². The number of benzene rings is 1. The Labute approximate surface area is 135 Å². The van der Waals surface area contributed by atoms with E-state index in [2.05, 4.69) is 24.3 Å². The summed E-state index contributed by atoms with van der Waals surface area (Å²) in [5.41, 5.74) is 1.44. The van der Waals surface area contributed by atoms with Gasteiger partial charge in [-0.1, -0.05) is 30.3 Å². The number of hydrogen-bond donors (Lipinski definition) is 0. The molecule has 0 heterocycles. The first-order chi connectivity index (χ1) is 11.0. The van der Waals surface area contributed by atoms with Crippen molar-refractivity contribution in [1.29, 1.82) is 0 Å². The molecule has 23 heavy (non-hydrogen) atoms. The lowest BCUT2D eigenvalue weighted by molar-refractivity contribution is -0.168. The average molecular weight is 320 g/mol. The maximum atomic E-state index is 12.5. The first kappa shape index (κ1) is 15.1. The molecule has 0 spiro atoms. The second-order valence-corrected chi connectivity index (χ2v) is 8.02. The van der Waals surface area contributed by atoms with E-state index in [0.717, 1.165) is 19.3 Å². The number of esters is 1. The van der Waals surface area contributed by atoms with Crippen LogP contribution in [0.4, 0.5) is 8.78 Å². The third-order valence-corrected chi connectivity index (χ3v) is 6.27. The first-order valence-electron chi connectivity index (χ1n) is 8.51. The summed E-state index contributed by atoms with van der Waals surface area (Å²) in [7, 11) is 0. The van der Waals surface area contributed by atoms with Gasteiger partial charge in [0.2, 0.25) is 0 Å². The maximum Gasteiger partial charge on any atom is 0.373 e. The standard InChI is InChI=1S/C19H22F2O2/c20-16(21)17(22)23-12-18-7-13-6-14(8-18)10-19(9-13,11-18)15-4-2-1-3-5-15/h1-5,13-14,16H,6-12H2. The summed E-state index contributed by atoms with van der Waals surface area (Å²) in [6.07, 6.45) is 3.62. The van der Waals surface area contributed by atoms with Gasteiger partial charge < -0.3 is 4.74 Å². The van der Waals surface area contributed by atoms with Gasteiger partial charge in [0.25, 0.3) is 0 Å². The van der Waals surface area contributed by atoms with Gasteiger partial charge in [0.1, 0.15) is 0 Å². The Balaban J connectivity index is 1.59. The maximum absolute atomic E-state index is 12.5. The van der Waals surface area contributed by atoms with Crippen molar-refractivity contribution < 1.29 is 18.3 Å². The molecule has 124 valence electrons. The number of carbonyl (C=O) groups excluding carboxylic acids is 1. The molecule has 4 aliphatic carbocycles. The Morgan fingerprint density at radius 2 is 1.78 bits per heavy atom. The molecule has 1 aromatic rings. The van der Waals surface area contributed by atoms with Gasteiger partial charge in [-0.25, -0.2) is 4.79 Å². The van der Waals surface area contributed by atoms with Crippen molar-refractivity contribution in [3.8, 4) is 0 Å². The van der Waals surface area contributed by atoms with Crippen LogP contribution in [0.3, 0.4) is 0 Å². The van der Waals surface area contributed by atoms with Crippen LogP contribution in [-0.2, 0) is 14.9 Å². The number of alkyl halides is 2. The van der Waals surface area contributed by atoms with Gasteiger partial charge in [0.05, 0.1) is 6.61 Å². The van der Waals surface area contributed by atoms with E-state index in [4.69, 9.17) is 4.74 Å². The molecule has 0 amide bonds. The molecule has 4 fully saturated rings. The van der Waals surface area contributed by atoms with E-state index in [1.165, 1.54) is 24.8 Å². The molecule has 0 saturated heterocycles. The second kappa shape index (κ2) is 5.29. The predicted molar refractivity (Wildman–Crippen MR) is 82.2 cm³/mol. The van der Waals surface area contributed by atoms with Gasteiger partial charge in [0, 0.05) is 5.41 Å². The minimum Gasteiger partial charge on any atom is -0.461 e. The molecule has 4 saturated carbocycles. The fraction of sp³-hybridized carbons (Fsp3) is 0.632. The van der Waals surface area contributed by atoms with E-state index in [9.17, 15) is 13.6 Å². The molecule has 2 atom stereocenters. The number of rotatable bonds is 4. The average Bonchev–Trinajstić information content (AvgIpc) is 2.52. The minimum absolute atomic E-state index is 0.0928. The molecule has 4 aliphatic rings. The Bertz CT molecular complexity index is 585. The second-order valence-electron chi connectivity index (χ2n) is 8.02. The van der Waals surface area contributed by atoms with Gasteiger partial charge in [-0.2, -0.15) is 8.78 Å². The van der Waals surface area contributed by atoms with Gasteiger partial charge in [0.15, 0.2) is 0 Å².